The number of thiazole rings is 1. The summed E-state index contributed by atoms with van der Waals surface area (Å²) in [5.41, 5.74) is 1.19. The van der Waals surface area contributed by atoms with Crippen LogP contribution in [0.25, 0.3) is 0 Å². The summed E-state index contributed by atoms with van der Waals surface area (Å²) in [6, 6.07) is 0.0614. The molecule has 3 heterocycles. The molecule has 1 aromatic rings. The van der Waals surface area contributed by atoms with Crippen molar-refractivity contribution in [3.8, 4) is 0 Å². The lowest BCUT2D eigenvalue weighted by Gasteiger charge is -2.33. The van der Waals surface area contributed by atoms with Gasteiger partial charge in [-0.25, -0.2) is 4.98 Å². The quantitative estimate of drug-likeness (QED) is 0.917. The monoisotopic (exact) mass is 343 g/mol. The fourth-order valence-electron chi connectivity index (χ4n) is 3.25. The molecule has 0 aliphatic carbocycles. The lowest BCUT2D eigenvalue weighted by molar-refractivity contribution is -0.134. The predicted molar refractivity (Wildman–Crippen MR) is 93.0 cm³/mol. The zero-order chi connectivity index (χ0) is 14.8. The summed E-state index contributed by atoms with van der Waals surface area (Å²) in [7, 11) is 0. The highest BCUT2D eigenvalue weighted by Crippen LogP contribution is 2.31. The minimum absolute atomic E-state index is 0. The predicted octanol–water partition coefficient (Wildman–Crippen LogP) is 3.15. The first kappa shape index (κ1) is 17.7. The molecule has 6 heteroatoms. The summed E-state index contributed by atoms with van der Waals surface area (Å²) in [5.74, 6) is 1.22. The molecule has 0 saturated carbocycles. The van der Waals surface area contributed by atoms with E-state index in [1.165, 1.54) is 10.7 Å². The molecule has 1 N–H and O–H groups in total. The van der Waals surface area contributed by atoms with Gasteiger partial charge < -0.3 is 10.2 Å². The molecule has 3 rings (SSSR count). The third-order valence-corrected chi connectivity index (χ3v) is 5.60. The number of amides is 1. The zero-order valence-corrected chi connectivity index (χ0v) is 15.0. The number of likely N-dealkylation sites (tertiary alicyclic amines) is 1. The van der Waals surface area contributed by atoms with Gasteiger partial charge in [-0.15, -0.1) is 23.7 Å². The summed E-state index contributed by atoms with van der Waals surface area (Å²) >= 11 is 1.77. The van der Waals surface area contributed by atoms with Gasteiger partial charge >= 0.3 is 0 Å². The van der Waals surface area contributed by atoms with Gasteiger partial charge in [0.1, 0.15) is 0 Å². The average molecular weight is 344 g/mol. The molecule has 2 atom stereocenters. The summed E-state index contributed by atoms with van der Waals surface area (Å²) in [4.78, 5) is 19.4. The molecule has 124 valence electrons. The van der Waals surface area contributed by atoms with Crippen molar-refractivity contribution in [2.45, 2.75) is 57.4 Å². The molecule has 4 nitrogen and oxygen atoms in total. The van der Waals surface area contributed by atoms with Gasteiger partial charge in [0, 0.05) is 24.4 Å². The molecule has 2 fully saturated rings. The lowest BCUT2D eigenvalue weighted by Crippen LogP contribution is -2.47. The van der Waals surface area contributed by atoms with Crippen molar-refractivity contribution < 1.29 is 4.79 Å². The third kappa shape index (κ3) is 3.81. The number of aromatic nitrogens is 1. The first-order valence-electron chi connectivity index (χ1n) is 8.12. The van der Waals surface area contributed by atoms with E-state index in [9.17, 15) is 4.79 Å². The van der Waals surface area contributed by atoms with Crippen LogP contribution in [0.1, 0.15) is 62.1 Å². The van der Waals surface area contributed by atoms with Crippen LogP contribution in [0.15, 0.2) is 5.38 Å². The van der Waals surface area contributed by atoms with Crippen LogP contribution in [0.4, 0.5) is 0 Å². The minimum atomic E-state index is 0. The Kier molecular flexibility index (Phi) is 6.24. The van der Waals surface area contributed by atoms with Crippen molar-refractivity contribution in [1.82, 2.24) is 15.2 Å². The summed E-state index contributed by atoms with van der Waals surface area (Å²) in [6.45, 7) is 7.11. The first-order valence-corrected chi connectivity index (χ1v) is 9.00. The highest BCUT2D eigenvalue weighted by atomic mass is 35.5. The molecule has 2 aliphatic rings. The van der Waals surface area contributed by atoms with Crippen LogP contribution in [-0.4, -0.2) is 41.5 Å². The standard InChI is InChI=1S/C16H25N3OS.ClH/c1-11(2)14-10-21-15(18-14)12-5-4-8-19(9-12)16(20)13-6-3-7-17-13;/h10-13,17H,3-9H2,1-2H3;1H/t12?,13-;/m0./s1. The van der Waals surface area contributed by atoms with E-state index >= 15 is 0 Å². The van der Waals surface area contributed by atoms with E-state index in [1.54, 1.807) is 11.3 Å². The SMILES string of the molecule is CC(C)c1csc(C2CCCN(C(=O)[C@@H]3CCCN3)C2)n1.Cl. The van der Waals surface area contributed by atoms with Crippen molar-refractivity contribution in [3.05, 3.63) is 16.1 Å². The summed E-state index contributed by atoms with van der Waals surface area (Å²) < 4.78 is 0. The number of nitrogens with zero attached hydrogens (tertiary/aromatic N) is 2. The Bertz CT molecular complexity index is 499. The topological polar surface area (TPSA) is 45.2 Å². The zero-order valence-electron chi connectivity index (χ0n) is 13.4. The van der Waals surface area contributed by atoms with E-state index in [-0.39, 0.29) is 18.4 Å². The molecule has 0 aromatic carbocycles. The Morgan fingerprint density at radius 1 is 1.41 bits per heavy atom. The maximum atomic E-state index is 12.5. The molecule has 1 unspecified atom stereocenters. The molecular formula is C16H26ClN3OS. The molecule has 0 spiro atoms. The molecule has 22 heavy (non-hydrogen) atoms. The van der Waals surface area contributed by atoms with Crippen molar-refractivity contribution in [2.75, 3.05) is 19.6 Å². The Morgan fingerprint density at radius 2 is 2.23 bits per heavy atom. The number of halogens is 1. The van der Waals surface area contributed by atoms with Gasteiger partial charge in [0.25, 0.3) is 0 Å². The van der Waals surface area contributed by atoms with Gasteiger partial charge in [-0.2, -0.15) is 0 Å². The second-order valence-electron chi connectivity index (χ2n) is 6.54. The molecule has 2 saturated heterocycles. The van der Waals surface area contributed by atoms with Crippen molar-refractivity contribution in [1.29, 1.82) is 0 Å². The maximum Gasteiger partial charge on any atom is 0.239 e. The minimum Gasteiger partial charge on any atom is -0.341 e. The van der Waals surface area contributed by atoms with Gasteiger partial charge in [-0.1, -0.05) is 13.8 Å². The summed E-state index contributed by atoms with van der Waals surface area (Å²) in [5, 5.41) is 6.72. The molecule has 2 aliphatic heterocycles. The molecule has 0 radical (unpaired) electrons. The number of hydrogen-bond donors (Lipinski definition) is 1. The number of nitrogens with one attached hydrogen (secondary N) is 1. The lowest BCUT2D eigenvalue weighted by atomic mass is 9.97. The maximum absolute atomic E-state index is 12.5. The number of hydrogen-bond acceptors (Lipinski definition) is 4. The van der Waals surface area contributed by atoms with Crippen LogP contribution in [-0.2, 0) is 4.79 Å². The van der Waals surface area contributed by atoms with E-state index in [1.807, 2.05) is 0 Å². The van der Waals surface area contributed by atoms with Gasteiger partial charge in [0.15, 0.2) is 0 Å². The van der Waals surface area contributed by atoms with E-state index in [0.717, 1.165) is 45.3 Å². The van der Waals surface area contributed by atoms with E-state index < -0.39 is 0 Å². The smallest absolute Gasteiger partial charge is 0.239 e. The highest BCUT2D eigenvalue weighted by Gasteiger charge is 2.31. The van der Waals surface area contributed by atoms with E-state index in [4.69, 9.17) is 4.98 Å². The molecule has 1 amide bonds. The normalized spacial score (nSPS) is 25.3. The number of piperidine rings is 1. The Balaban J connectivity index is 0.00000176. The fourth-order valence-corrected chi connectivity index (χ4v) is 4.36. The van der Waals surface area contributed by atoms with Crippen molar-refractivity contribution in [2.24, 2.45) is 0 Å². The fraction of sp³-hybridized carbons (Fsp3) is 0.750. The summed E-state index contributed by atoms with van der Waals surface area (Å²) in [6.07, 6.45) is 4.37. The van der Waals surface area contributed by atoms with Crippen LogP contribution >= 0.6 is 23.7 Å². The largest absolute Gasteiger partial charge is 0.341 e. The van der Waals surface area contributed by atoms with Crippen molar-refractivity contribution in [3.63, 3.8) is 0 Å². The van der Waals surface area contributed by atoms with Gasteiger partial charge in [-0.3, -0.25) is 4.79 Å². The van der Waals surface area contributed by atoms with E-state index in [2.05, 4.69) is 29.4 Å². The van der Waals surface area contributed by atoms with E-state index in [0.29, 0.717) is 17.7 Å². The molecule has 1 aromatic heterocycles. The van der Waals surface area contributed by atoms with Gasteiger partial charge in [0.05, 0.1) is 16.7 Å². The van der Waals surface area contributed by atoms with Crippen LogP contribution < -0.4 is 5.32 Å². The second-order valence-corrected chi connectivity index (χ2v) is 7.43. The van der Waals surface area contributed by atoms with Crippen molar-refractivity contribution >= 4 is 29.7 Å². The van der Waals surface area contributed by atoms with Crippen LogP contribution in [0.2, 0.25) is 0 Å². The highest BCUT2D eigenvalue weighted by molar-refractivity contribution is 7.09. The number of carbonyl (C=O) groups excluding carboxylic acids is 1. The average Bonchev–Trinajstić information content (AvgIpc) is 3.18. The van der Waals surface area contributed by atoms with Crippen LogP contribution in [0.5, 0.6) is 0 Å². The Labute approximate surface area is 143 Å². The number of carbonyl (C=O) groups is 1. The third-order valence-electron chi connectivity index (χ3n) is 4.57. The van der Waals surface area contributed by atoms with Gasteiger partial charge in [-0.05, 0) is 38.1 Å². The van der Waals surface area contributed by atoms with Gasteiger partial charge in [0.2, 0.25) is 5.91 Å². The van der Waals surface area contributed by atoms with Crippen LogP contribution in [0, 0.1) is 0 Å². The first-order chi connectivity index (χ1) is 10.1. The Hall–Kier alpha value is -0.650. The Morgan fingerprint density at radius 3 is 2.86 bits per heavy atom. The molecular weight excluding hydrogens is 318 g/mol. The molecule has 0 bridgehead atoms. The van der Waals surface area contributed by atoms with Crippen LogP contribution in [0.3, 0.4) is 0 Å². The number of rotatable bonds is 3. The second kappa shape index (κ2) is 7.75.